The third-order valence-electron chi connectivity index (χ3n) is 4.68. The van der Waals surface area contributed by atoms with Crippen LogP contribution in [-0.4, -0.2) is 27.5 Å². The first-order chi connectivity index (χ1) is 14.8. The number of sulfonamides is 1. The fraction of sp³-hybridized carbons (Fsp3) is 0.174. The Bertz CT molecular complexity index is 1230. The molecule has 2 N–H and O–H groups in total. The van der Waals surface area contributed by atoms with Crippen LogP contribution in [0.5, 0.6) is 11.5 Å². The number of nitrogens with one attached hydrogen (secondary N) is 2. The molecule has 0 unspecified atom stereocenters. The van der Waals surface area contributed by atoms with Gasteiger partial charge in [0.05, 0.1) is 4.90 Å². The Morgan fingerprint density at radius 3 is 2.29 bits per heavy atom. The number of ether oxygens (including phenoxy) is 2. The third kappa shape index (κ3) is 4.80. The Morgan fingerprint density at radius 1 is 0.839 bits per heavy atom. The molecule has 0 aromatic heterocycles. The van der Waals surface area contributed by atoms with Gasteiger partial charge in [0, 0.05) is 23.0 Å². The van der Waals surface area contributed by atoms with Crippen molar-refractivity contribution in [1.29, 1.82) is 0 Å². The minimum atomic E-state index is -3.88. The second-order valence-electron chi connectivity index (χ2n) is 7.32. The summed E-state index contributed by atoms with van der Waals surface area (Å²) < 4.78 is 39.1. The van der Waals surface area contributed by atoms with Gasteiger partial charge in [0.15, 0.2) is 11.5 Å². The molecule has 0 saturated carbocycles. The summed E-state index contributed by atoms with van der Waals surface area (Å²) in [5.41, 5.74) is 3.38. The van der Waals surface area contributed by atoms with E-state index in [2.05, 4.69) is 10.0 Å². The zero-order valence-corrected chi connectivity index (χ0v) is 18.0. The number of hydrogen-bond donors (Lipinski definition) is 2. The Morgan fingerprint density at radius 2 is 1.55 bits per heavy atom. The van der Waals surface area contributed by atoms with Crippen LogP contribution in [0.1, 0.15) is 21.5 Å². The first-order valence-electron chi connectivity index (χ1n) is 9.72. The van der Waals surface area contributed by atoms with Crippen LogP contribution in [0.4, 0.5) is 11.4 Å². The van der Waals surface area contributed by atoms with E-state index in [0.717, 1.165) is 11.1 Å². The molecule has 0 atom stereocenters. The van der Waals surface area contributed by atoms with Crippen molar-refractivity contribution < 1.29 is 22.7 Å². The van der Waals surface area contributed by atoms with Gasteiger partial charge in [0.1, 0.15) is 13.2 Å². The van der Waals surface area contributed by atoms with Gasteiger partial charge in [-0.3, -0.25) is 9.52 Å². The summed E-state index contributed by atoms with van der Waals surface area (Å²) in [6, 6.07) is 16.5. The highest BCUT2D eigenvalue weighted by molar-refractivity contribution is 7.92. The van der Waals surface area contributed by atoms with Gasteiger partial charge in [-0.05, 0) is 67.4 Å². The van der Waals surface area contributed by atoms with Crippen LogP contribution in [-0.2, 0) is 10.0 Å². The molecule has 3 aromatic rings. The minimum absolute atomic E-state index is 0.0434. The van der Waals surface area contributed by atoms with Gasteiger partial charge >= 0.3 is 0 Å². The average molecular weight is 439 g/mol. The van der Waals surface area contributed by atoms with Crippen LogP contribution < -0.4 is 19.5 Å². The largest absolute Gasteiger partial charge is 0.486 e. The van der Waals surface area contributed by atoms with E-state index in [4.69, 9.17) is 9.47 Å². The van der Waals surface area contributed by atoms with Gasteiger partial charge in [-0.2, -0.15) is 0 Å². The van der Waals surface area contributed by atoms with E-state index in [1.165, 1.54) is 18.2 Å². The normalized spacial score (nSPS) is 12.8. The van der Waals surface area contributed by atoms with Gasteiger partial charge in [0.2, 0.25) is 0 Å². The molecule has 0 radical (unpaired) electrons. The van der Waals surface area contributed by atoms with Crippen molar-refractivity contribution in [2.75, 3.05) is 23.3 Å². The smallest absolute Gasteiger partial charge is 0.262 e. The van der Waals surface area contributed by atoms with Gasteiger partial charge in [-0.25, -0.2) is 8.42 Å². The molecule has 7 nitrogen and oxygen atoms in total. The summed E-state index contributed by atoms with van der Waals surface area (Å²) in [7, 11) is -3.88. The van der Waals surface area contributed by atoms with E-state index in [1.807, 2.05) is 32.0 Å². The molecule has 1 amide bonds. The fourth-order valence-corrected chi connectivity index (χ4v) is 4.44. The lowest BCUT2D eigenvalue weighted by atomic mass is 10.1. The van der Waals surface area contributed by atoms with Crippen molar-refractivity contribution in [3.8, 4) is 11.5 Å². The Hall–Kier alpha value is -3.52. The molecule has 8 heteroatoms. The summed E-state index contributed by atoms with van der Waals surface area (Å²) in [6.07, 6.45) is 0. The molecule has 1 aliphatic rings. The number of rotatable bonds is 5. The van der Waals surface area contributed by atoms with Crippen LogP contribution in [0.25, 0.3) is 0 Å². The fourth-order valence-electron chi connectivity index (χ4n) is 3.38. The first kappa shape index (κ1) is 20.7. The van der Waals surface area contributed by atoms with Crippen LogP contribution in [0, 0.1) is 13.8 Å². The lowest BCUT2D eigenvalue weighted by molar-refractivity contribution is 0.102. The number of carbonyl (C=O) groups excluding carboxylic acids is 1. The minimum Gasteiger partial charge on any atom is -0.486 e. The van der Waals surface area contributed by atoms with Crippen molar-refractivity contribution in [3.05, 3.63) is 77.4 Å². The lowest BCUT2D eigenvalue weighted by Gasteiger charge is -2.19. The van der Waals surface area contributed by atoms with Crippen LogP contribution in [0.2, 0.25) is 0 Å². The third-order valence-corrected chi connectivity index (χ3v) is 6.06. The first-order valence-corrected chi connectivity index (χ1v) is 11.2. The molecule has 0 aliphatic carbocycles. The van der Waals surface area contributed by atoms with E-state index >= 15 is 0 Å². The second kappa shape index (κ2) is 8.31. The van der Waals surface area contributed by atoms with E-state index in [0.29, 0.717) is 36.0 Å². The zero-order chi connectivity index (χ0) is 22.0. The molecule has 0 spiro atoms. The maximum Gasteiger partial charge on any atom is 0.262 e. The molecular weight excluding hydrogens is 416 g/mol. The molecule has 3 aromatic carbocycles. The quantitative estimate of drug-likeness (QED) is 0.625. The number of benzene rings is 3. The molecule has 0 saturated heterocycles. The van der Waals surface area contributed by atoms with E-state index in [-0.39, 0.29) is 16.5 Å². The molecule has 4 rings (SSSR count). The number of hydrogen-bond acceptors (Lipinski definition) is 5. The van der Waals surface area contributed by atoms with Gasteiger partial charge < -0.3 is 14.8 Å². The summed E-state index contributed by atoms with van der Waals surface area (Å²) in [5, 5.41) is 2.85. The Balaban J connectivity index is 1.53. The summed E-state index contributed by atoms with van der Waals surface area (Å²) in [4.78, 5) is 12.7. The topological polar surface area (TPSA) is 93.7 Å². The summed E-state index contributed by atoms with van der Waals surface area (Å²) in [6.45, 7) is 4.70. The highest BCUT2D eigenvalue weighted by Crippen LogP contribution is 2.32. The molecule has 31 heavy (non-hydrogen) atoms. The van der Waals surface area contributed by atoms with Crippen LogP contribution in [0.3, 0.4) is 0 Å². The monoisotopic (exact) mass is 438 g/mol. The maximum absolute atomic E-state index is 12.8. The Kier molecular flexibility index (Phi) is 5.56. The average Bonchev–Trinajstić information content (AvgIpc) is 2.72. The Labute approximate surface area is 181 Å². The van der Waals surface area contributed by atoms with Crippen molar-refractivity contribution in [1.82, 2.24) is 0 Å². The van der Waals surface area contributed by atoms with E-state index < -0.39 is 10.0 Å². The predicted octanol–water partition coefficient (Wildman–Crippen LogP) is 4.13. The van der Waals surface area contributed by atoms with Gasteiger partial charge in [-0.1, -0.05) is 12.1 Å². The van der Waals surface area contributed by atoms with Crippen molar-refractivity contribution in [2.45, 2.75) is 18.7 Å². The summed E-state index contributed by atoms with van der Waals surface area (Å²) in [5.74, 6) is 0.566. The van der Waals surface area contributed by atoms with Crippen LogP contribution in [0.15, 0.2) is 65.6 Å². The predicted molar refractivity (Wildman–Crippen MR) is 119 cm³/mol. The molecule has 1 aliphatic heterocycles. The maximum atomic E-state index is 12.8. The number of amides is 1. The van der Waals surface area contributed by atoms with Crippen molar-refractivity contribution in [3.63, 3.8) is 0 Å². The SMILES string of the molecule is Cc1cc(C)cc(NC(=O)c2cccc(NS(=O)(=O)c3ccc4c(c3)OCCO4)c2)c1. The van der Waals surface area contributed by atoms with Gasteiger partial charge in [-0.15, -0.1) is 0 Å². The molecular formula is C23H22N2O5S. The number of fused-ring (bicyclic) bond motifs is 1. The van der Waals surface area contributed by atoms with Crippen LogP contribution >= 0.6 is 0 Å². The highest BCUT2D eigenvalue weighted by Gasteiger charge is 2.20. The molecule has 0 fully saturated rings. The molecule has 1 heterocycles. The number of anilines is 2. The lowest BCUT2D eigenvalue weighted by Crippen LogP contribution is -2.17. The molecule has 160 valence electrons. The number of carbonyl (C=O) groups is 1. The molecule has 0 bridgehead atoms. The summed E-state index contributed by atoms with van der Waals surface area (Å²) >= 11 is 0. The number of aryl methyl sites for hydroxylation is 2. The highest BCUT2D eigenvalue weighted by atomic mass is 32.2. The van der Waals surface area contributed by atoms with Crippen molar-refractivity contribution in [2.24, 2.45) is 0 Å². The zero-order valence-electron chi connectivity index (χ0n) is 17.1. The standard InChI is InChI=1S/C23H22N2O5S/c1-15-10-16(2)12-19(11-15)24-23(26)17-4-3-5-18(13-17)25-31(27,28)20-6-7-21-22(14-20)30-9-8-29-21/h3-7,10-14,25H,8-9H2,1-2H3,(H,24,26). The van der Waals surface area contributed by atoms with E-state index in [1.54, 1.807) is 24.3 Å². The van der Waals surface area contributed by atoms with E-state index in [9.17, 15) is 13.2 Å². The van der Waals surface area contributed by atoms with Crippen molar-refractivity contribution >= 4 is 27.3 Å². The van der Waals surface area contributed by atoms with Gasteiger partial charge in [0.25, 0.3) is 15.9 Å². The second-order valence-corrected chi connectivity index (χ2v) is 9.00.